The van der Waals surface area contributed by atoms with Crippen LogP contribution in [0.1, 0.15) is 51.4 Å². The number of carboxylic acids is 1. The number of carboxylic acid groups (broad SMARTS) is 1. The number of nitrogens with zero attached hydrogens (tertiary/aromatic N) is 1. The molecular formula is C13H23NO2. The summed E-state index contributed by atoms with van der Waals surface area (Å²) in [5.41, 5.74) is 0. The highest BCUT2D eigenvalue weighted by Gasteiger charge is 2.26. The van der Waals surface area contributed by atoms with Gasteiger partial charge in [0.25, 0.3) is 0 Å². The van der Waals surface area contributed by atoms with Crippen molar-refractivity contribution in [2.24, 2.45) is 5.92 Å². The van der Waals surface area contributed by atoms with Crippen molar-refractivity contribution in [3.63, 3.8) is 0 Å². The summed E-state index contributed by atoms with van der Waals surface area (Å²) >= 11 is 0. The fraction of sp³-hybridized carbons (Fsp3) is 0.923. The van der Waals surface area contributed by atoms with Gasteiger partial charge < -0.3 is 10.0 Å². The van der Waals surface area contributed by atoms with Gasteiger partial charge in [0.15, 0.2) is 0 Å². The summed E-state index contributed by atoms with van der Waals surface area (Å²) in [6.45, 7) is 2.39. The third-order valence-corrected chi connectivity index (χ3v) is 3.96. The van der Waals surface area contributed by atoms with Crippen LogP contribution in [0.15, 0.2) is 0 Å². The number of hydrogen-bond acceptors (Lipinski definition) is 2. The van der Waals surface area contributed by atoms with Crippen molar-refractivity contribution in [3.8, 4) is 0 Å². The Hall–Kier alpha value is -0.570. The highest BCUT2D eigenvalue weighted by atomic mass is 16.4. The van der Waals surface area contributed by atoms with Gasteiger partial charge in [0.2, 0.25) is 0 Å². The predicted molar refractivity (Wildman–Crippen MR) is 63.4 cm³/mol. The van der Waals surface area contributed by atoms with Gasteiger partial charge in [-0.3, -0.25) is 4.79 Å². The lowest BCUT2D eigenvalue weighted by Crippen LogP contribution is -2.40. The van der Waals surface area contributed by atoms with E-state index in [4.69, 9.17) is 5.11 Å². The molecule has 2 rings (SSSR count). The molecule has 1 saturated carbocycles. The molecule has 1 heterocycles. The van der Waals surface area contributed by atoms with E-state index in [-0.39, 0.29) is 0 Å². The Kier molecular flexibility index (Phi) is 4.22. The molecule has 1 aliphatic heterocycles. The highest BCUT2D eigenvalue weighted by molar-refractivity contribution is 5.66. The number of rotatable bonds is 6. The number of hydrogen-bond donors (Lipinski definition) is 1. The van der Waals surface area contributed by atoms with Crippen LogP contribution < -0.4 is 0 Å². The minimum absolute atomic E-state index is 0.338. The first kappa shape index (κ1) is 11.9. The van der Waals surface area contributed by atoms with Crippen molar-refractivity contribution in [3.05, 3.63) is 0 Å². The zero-order chi connectivity index (χ0) is 11.4. The van der Waals surface area contributed by atoms with Gasteiger partial charge in [0.05, 0.1) is 0 Å². The molecule has 3 heteroatoms. The van der Waals surface area contributed by atoms with E-state index in [9.17, 15) is 4.79 Å². The molecule has 0 aromatic carbocycles. The molecule has 16 heavy (non-hydrogen) atoms. The number of aliphatic carboxylic acids is 1. The first-order valence-corrected chi connectivity index (χ1v) is 6.71. The van der Waals surface area contributed by atoms with Crippen molar-refractivity contribution in [2.45, 2.75) is 57.4 Å². The van der Waals surface area contributed by atoms with E-state index in [2.05, 4.69) is 4.90 Å². The molecule has 1 N–H and O–H groups in total. The van der Waals surface area contributed by atoms with Crippen LogP contribution in [-0.2, 0) is 4.79 Å². The van der Waals surface area contributed by atoms with Gasteiger partial charge in [-0.25, -0.2) is 0 Å². The second kappa shape index (κ2) is 5.67. The second-order valence-electron chi connectivity index (χ2n) is 5.35. The molecule has 3 nitrogen and oxygen atoms in total. The van der Waals surface area contributed by atoms with Crippen LogP contribution in [0.5, 0.6) is 0 Å². The first-order valence-electron chi connectivity index (χ1n) is 6.71. The minimum Gasteiger partial charge on any atom is -0.481 e. The molecule has 1 atom stereocenters. The SMILES string of the molecule is O=C(O)CCC1CCCCN1CCC1CC1. The largest absolute Gasteiger partial charge is 0.481 e. The fourth-order valence-electron chi connectivity index (χ4n) is 2.73. The third-order valence-electron chi connectivity index (χ3n) is 3.96. The van der Waals surface area contributed by atoms with Gasteiger partial charge >= 0.3 is 5.97 Å². The Labute approximate surface area is 97.8 Å². The predicted octanol–water partition coefficient (Wildman–Crippen LogP) is 2.51. The zero-order valence-electron chi connectivity index (χ0n) is 10.0. The fourth-order valence-corrected chi connectivity index (χ4v) is 2.73. The van der Waals surface area contributed by atoms with E-state index in [1.807, 2.05) is 0 Å². The molecule has 0 aromatic heterocycles. The smallest absolute Gasteiger partial charge is 0.303 e. The molecule has 2 fully saturated rings. The average Bonchev–Trinajstić information content (AvgIpc) is 3.08. The monoisotopic (exact) mass is 225 g/mol. The molecule has 1 saturated heterocycles. The van der Waals surface area contributed by atoms with E-state index in [0.717, 1.165) is 12.3 Å². The van der Waals surface area contributed by atoms with Crippen molar-refractivity contribution in [1.82, 2.24) is 4.90 Å². The maximum absolute atomic E-state index is 10.6. The summed E-state index contributed by atoms with van der Waals surface area (Å²) in [4.78, 5) is 13.2. The normalized spacial score (nSPS) is 26.9. The summed E-state index contributed by atoms with van der Waals surface area (Å²) in [5.74, 6) is 0.342. The zero-order valence-corrected chi connectivity index (χ0v) is 10.0. The molecule has 0 amide bonds. The summed E-state index contributed by atoms with van der Waals surface area (Å²) in [6, 6.07) is 0.545. The lowest BCUT2D eigenvalue weighted by atomic mass is 9.97. The molecule has 0 spiro atoms. The Balaban J connectivity index is 1.73. The van der Waals surface area contributed by atoms with Crippen LogP contribution in [0.25, 0.3) is 0 Å². The summed E-state index contributed by atoms with van der Waals surface area (Å²) in [5, 5.41) is 8.74. The Morgan fingerprint density at radius 1 is 1.19 bits per heavy atom. The maximum Gasteiger partial charge on any atom is 0.303 e. The van der Waals surface area contributed by atoms with Gasteiger partial charge in [-0.05, 0) is 44.7 Å². The van der Waals surface area contributed by atoms with E-state index >= 15 is 0 Å². The number of likely N-dealkylation sites (tertiary alicyclic amines) is 1. The maximum atomic E-state index is 10.6. The van der Waals surface area contributed by atoms with Gasteiger partial charge in [-0.15, -0.1) is 0 Å². The van der Waals surface area contributed by atoms with Crippen LogP contribution in [0.3, 0.4) is 0 Å². The molecule has 2 aliphatic rings. The topological polar surface area (TPSA) is 40.5 Å². The summed E-state index contributed by atoms with van der Waals surface area (Å²) in [6.07, 6.45) is 9.16. The molecule has 92 valence electrons. The highest BCUT2D eigenvalue weighted by Crippen LogP contribution is 2.33. The van der Waals surface area contributed by atoms with Crippen molar-refractivity contribution >= 4 is 5.97 Å². The summed E-state index contributed by atoms with van der Waals surface area (Å²) < 4.78 is 0. The lowest BCUT2D eigenvalue weighted by Gasteiger charge is -2.35. The van der Waals surface area contributed by atoms with Gasteiger partial charge in [-0.1, -0.05) is 19.3 Å². The molecular weight excluding hydrogens is 202 g/mol. The van der Waals surface area contributed by atoms with E-state index < -0.39 is 5.97 Å². The van der Waals surface area contributed by atoms with Crippen molar-refractivity contribution < 1.29 is 9.90 Å². The number of carbonyl (C=O) groups is 1. The van der Waals surface area contributed by atoms with Gasteiger partial charge in [-0.2, -0.15) is 0 Å². The molecule has 1 unspecified atom stereocenters. The van der Waals surface area contributed by atoms with Crippen molar-refractivity contribution in [1.29, 1.82) is 0 Å². The van der Waals surface area contributed by atoms with Crippen LogP contribution in [0.2, 0.25) is 0 Å². The lowest BCUT2D eigenvalue weighted by molar-refractivity contribution is -0.137. The molecule has 0 radical (unpaired) electrons. The molecule has 0 aromatic rings. The van der Waals surface area contributed by atoms with Crippen LogP contribution in [0, 0.1) is 5.92 Å². The van der Waals surface area contributed by atoms with Crippen molar-refractivity contribution in [2.75, 3.05) is 13.1 Å². The molecule has 1 aliphatic carbocycles. The Bertz CT molecular complexity index is 238. The Morgan fingerprint density at radius 2 is 2.00 bits per heavy atom. The standard InChI is InChI=1S/C13H23NO2/c15-13(16)7-6-12-3-1-2-9-14(12)10-8-11-4-5-11/h11-12H,1-10H2,(H,15,16). The third kappa shape index (κ3) is 3.78. The van der Waals surface area contributed by atoms with Crippen LogP contribution in [0.4, 0.5) is 0 Å². The average molecular weight is 225 g/mol. The van der Waals surface area contributed by atoms with E-state index in [0.29, 0.717) is 12.5 Å². The van der Waals surface area contributed by atoms with E-state index in [1.165, 1.54) is 51.6 Å². The minimum atomic E-state index is -0.646. The van der Waals surface area contributed by atoms with Gasteiger partial charge in [0, 0.05) is 12.5 Å². The quantitative estimate of drug-likeness (QED) is 0.755. The number of piperidine rings is 1. The molecule has 0 bridgehead atoms. The summed E-state index contributed by atoms with van der Waals surface area (Å²) in [7, 11) is 0. The second-order valence-corrected chi connectivity index (χ2v) is 5.35. The van der Waals surface area contributed by atoms with Gasteiger partial charge in [0.1, 0.15) is 0 Å². The first-order chi connectivity index (χ1) is 7.75. The van der Waals surface area contributed by atoms with Crippen LogP contribution >= 0.6 is 0 Å². The van der Waals surface area contributed by atoms with Crippen LogP contribution in [-0.4, -0.2) is 35.1 Å². The Morgan fingerprint density at radius 3 is 2.69 bits per heavy atom. The van der Waals surface area contributed by atoms with E-state index in [1.54, 1.807) is 0 Å².